The number of hydrogen-bond acceptors (Lipinski definition) is 5. The fourth-order valence-electron chi connectivity index (χ4n) is 2.23. The number of nitrogens with zero attached hydrogens (tertiary/aromatic N) is 3. The van der Waals surface area contributed by atoms with Crippen LogP contribution in [-0.2, 0) is 0 Å². The van der Waals surface area contributed by atoms with Crippen LogP contribution in [0.1, 0.15) is 10.4 Å². The van der Waals surface area contributed by atoms with E-state index in [0.717, 1.165) is 0 Å². The average Bonchev–Trinajstić information content (AvgIpc) is 2.84. The maximum Gasteiger partial charge on any atom is 0.336 e. The molecule has 0 unspecified atom stereocenters. The summed E-state index contributed by atoms with van der Waals surface area (Å²) in [6.45, 7) is 0. The Bertz CT molecular complexity index is 891. The van der Waals surface area contributed by atoms with Crippen LogP contribution in [0.5, 0.6) is 5.75 Å². The molecule has 2 heterocycles. The number of nitrogens with two attached hydrogens (primary N) is 1. The van der Waals surface area contributed by atoms with Crippen molar-refractivity contribution in [1.82, 2.24) is 14.6 Å². The van der Waals surface area contributed by atoms with E-state index >= 15 is 0 Å². The van der Waals surface area contributed by atoms with E-state index < -0.39 is 5.97 Å². The lowest BCUT2D eigenvalue weighted by molar-refractivity contribution is 0.0697. The van der Waals surface area contributed by atoms with E-state index in [1.165, 1.54) is 23.9 Å². The molecular formula is C14H11ClN4O3. The largest absolute Gasteiger partial charge is 0.496 e. The predicted octanol–water partition coefficient (Wildman–Crippen LogP) is 2.34. The summed E-state index contributed by atoms with van der Waals surface area (Å²) in [5, 5.41) is 13.9. The van der Waals surface area contributed by atoms with Crippen LogP contribution in [0.4, 0.5) is 5.95 Å². The number of pyridine rings is 1. The fraction of sp³-hybridized carbons (Fsp3) is 0.0714. The monoisotopic (exact) mass is 318 g/mol. The molecule has 3 aromatic rings. The van der Waals surface area contributed by atoms with Gasteiger partial charge in [0.15, 0.2) is 5.65 Å². The molecule has 0 spiro atoms. The molecular weight excluding hydrogens is 308 g/mol. The lowest BCUT2D eigenvalue weighted by Crippen LogP contribution is -2.03. The van der Waals surface area contributed by atoms with Crippen LogP contribution in [0.2, 0.25) is 5.02 Å². The van der Waals surface area contributed by atoms with E-state index in [9.17, 15) is 9.90 Å². The molecule has 7 nitrogen and oxygen atoms in total. The number of methoxy groups -OCH3 is 1. The summed E-state index contributed by atoms with van der Waals surface area (Å²) in [4.78, 5) is 15.5. The molecule has 0 aliphatic rings. The predicted molar refractivity (Wildman–Crippen MR) is 81.4 cm³/mol. The number of hydrogen-bond donors (Lipinski definition) is 2. The highest BCUT2D eigenvalue weighted by molar-refractivity contribution is 6.31. The molecule has 3 rings (SSSR count). The first-order valence-electron chi connectivity index (χ1n) is 6.22. The number of rotatable bonds is 3. The van der Waals surface area contributed by atoms with Gasteiger partial charge >= 0.3 is 5.97 Å². The van der Waals surface area contributed by atoms with Gasteiger partial charge in [0.2, 0.25) is 5.95 Å². The first-order chi connectivity index (χ1) is 10.5. The number of carboxylic acid groups (broad SMARTS) is 1. The zero-order valence-corrected chi connectivity index (χ0v) is 12.2. The smallest absolute Gasteiger partial charge is 0.336 e. The second-order valence-electron chi connectivity index (χ2n) is 4.52. The van der Waals surface area contributed by atoms with E-state index in [1.807, 2.05) is 0 Å². The van der Waals surface area contributed by atoms with Crippen molar-refractivity contribution in [2.24, 2.45) is 0 Å². The molecule has 0 saturated carbocycles. The minimum absolute atomic E-state index is 0.0560. The van der Waals surface area contributed by atoms with E-state index in [-0.39, 0.29) is 11.5 Å². The summed E-state index contributed by atoms with van der Waals surface area (Å²) in [6.07, 6.45) is 1.54. The fourth-order valence-corrected chi connectivity index (χ4v) is 2.40. The van der Waals surface area contributed by atoms with Crippen molar-refractivity contribution in [2.45, 2.75) is 0 Å². The van der Waals surface area contributed by atoms with Crippen LogP contribution in [0.3, 0.4) is 0 Å². The third kappa shape index (κ3) is 2.31. The Labute approximate surface area is 129 Å². The molecule has 3 N–H and O–H groups in total. The number of nitrogen functional groups attached to an aromatic ring is 1. The van der Waals surface area contributed by atoms with E-state index in [4.69, 9.17) is 22.1 Å². The summed E-state index contributed by atoms with van der Waals surface area (Å²) in [7, 11) is 1.50. The standard InChI is InChI=1S/C14H11ClN4O3/c1-22-11-3-2-7(15)4-8(11)10-6-19-12(17-14(16)18-19)5-9(10)13(20)21/h2-6H,1H3,(H2,16,18)(H,20,21). The van der Waals surface area contributed by atoms with Gasteiger partial charge in [0.1, 0.15) is 5.75 Å². The first kappa shape index (κ1) is 14.2. The highest BCUT2D eigenvalue weighted by Crippen LogP contribution is 2.35. The number of anilines is 1. The summed E-state index contributed by atoms with van der Waals surface area (Å²) in [5.74, 6) is -0.535. The quantitative estimate of drug-likeness (QED) is 0.768. The third-order valence-corrected chi connectivity index (χ3v) is 3.41. The Kier molecular flexibility index (Phi) is 3.34. The molecule has 2 aromatic heterocycles. The van der Waals surface area contributed by atoms with Gasteiger partial charge in [-0.1, -0.05) is 11.6 Å². The zero-order valence-electron chi connectivity index (χ0n) is 11.4. The Hall–Kier alpha value is -2.80. The minimum Gasteiger partial charge on any atom is -0.496 e. The van der Waals surface area contributed by atoms with Crippen LogP contribution >= 0.6 is 11.6 Å². The van der Waals surface area contributed by atoms with E-state index in [2.05, 4.69) is 10.1 Å². The third-order valence-electron chi connectivity index (χ3n) is 3.17. The molecule has 8 heteroatoms. The number of fused-ring (bicyclic) bond motifs is 1. The molecule has 1 aromatic carbocycles. The molecule has 22 heavy (non-hydrogen) atoms. The van der Waals surface area contributed by atoms with E-state index in [1.54, 1.807) is 18.2 Å². The van der Waals surface area contributed by atoms with Crippen molar-refractivity contribution in [2.75, 3.05) is 12.8 Å². The number of carbonyl (C=O) groups is 1. The van der Waals surface area contributed by atoms with Crippen molar-refractivity contribution >= 4 is 29.2 Å². The number of aromatic nitrogens is 3. The van der Waals surface area contributed by atoms with Crippen molar-refractivity contribution in [3.8, 4) is 16.9 Å². The van der Waals surface area contributed by atoms with Gasteiger partial charge in [-0.3, -0.25) is 0 Å². The van der Waals surface area contributed by atoms with Gasteiger partial charge in [-0.05, 0) is 24.3 Å². The molecule has 112 valence electrons. The van der Waals surface area contributed by atoms with Gasteiger partial charge in [-0.15, -0.1) is 5.10 Å². The van der Waals surface area contributed by atoms with Crippen molar-refractivity contribution in [1.29, 1.82) is 0 Å². The summed E-state index contributed by atoms with van der Waals surface area (Å²) >= 11 is 6.02. The first-order valence-corrected chi connectivity index (χ1v) is 6.60. The molecule has 0 atom stereocenters. The van der Waals surface area contributed by atoms with Gasteiger partial charge in [-0.2, -0.15) is 4.98 Å². The number of ether oxygens (including phenoxy) is 1. The second kappa shape index (κ2) is 5.19. The molecule has 0 aliphatic carbocycles. The average molecular weight is 319 g/mol. The summed E-state index contributed by atoms with van der Waals surface area (Å²) in [5.41, 5.74) is 6.90. The van der Waals surface area contributed by atoms with Gasteiger partial charge in [0.05, 0.1) is 12.7 Å². The Morgan fingerprint density at radius 2 is 2.14 bits per heavy atom. The summed E-state index contributed by atoms with van der Waals surface area (Å²) in [6, 6.07) is 6.37. The maximum absolute atomic E-state index is 11.6. The number of benzene rings is 1. The van der Waals surface area contributed by atoms with Gasteiger partial charge in [0.25, 0.3) is 0 Å². The number of carboxylic acids is 1. The lowest BCUT2D eigenvalue weighted by atomic mass is 10.0. The molecule has 0 amide bonds. The van der Waals surface area contributed by atoms with Crippen LogP contribution in [0.15, 0.2) is 30.5 Å². The summed E-state index contributed by atoms with van der Waals surface area (Å²) < 4.78 is 6.70. The van der Waals surface area contributed by atoms with E-state index in [0.29, 0.717) is 27.5 Å². The highest BCUT2D eigenvalue weighted by atomic mass is 35.5. The Balaban J connectivity index is 2.35. The van der Waals surface area contributed by atoms with Gasteiger partial charge in [0, 0.05) is 22.3 Å². The number of aromatic carboxylic acids is 1. The van der Waals surface area contributed by atoms with Crippen molar-refractivity contribution in [3.05, 3.63) is 41.0 Å². The SMILES string of the molecule is COc1ccc(Cl)cc1-c1cn2nc(N)nc2cc1C(=O)O. The van der Waals surface area contributed by atoms with Crippen LogP contribution in [0.25, 0.3) is 16.8 Å². The van der Waals surface area contributed by atoms with Crippen molar-refractivity contribution < 1.29 is 14.6 Å². The van der Waals surface area contributed by atoms with Crippen LogP contribution < -0.4 is 10.5 Å². The van der Waals surface area contributed by atoms with Crippen LogP contribution in [0, 0.1) is 0 Å². The maximum atomic E-state index is 11.6. The Morgan fingerprint density at radius 1 is 1.36 bits per heavy atom. The lowest BCUT2D eigenvalue weighted by Gasteiger charge is -2.11. The van der Waals surface area contributed by atoms with Gasteiger partial charge < -0.3 is 15.6 Å². The molecule has 0 saturated heterocycles. The topological polar surface area (TPSA) is 103 Å². The normalized spacial score (nSPS) is 10.8. The molecule has 0 fully saturated rings. The minimum atomic E-state index is -1.10. The molecule has 0 radical (unpaired) electrons. The number of halogens is 1. The molecule has 0 aliphatic heterocycles. The second-order valence-corrected chi connectivity index (χ2v) is 4.96. The van der Waals surface area contributed by atoms with Gasteiger partial charge in [-0.25, -0.2) is 9.31 Å². The van der Waals surface area contributed by atoms with Crippen molar-refractivity contribution in [3.63, 3.8) is 0 Å². The molecule has 0 bridgehead atoms. The highest BCUT2D eigenvalue weighted by Gasteiger charge is 2.18. The van der Waals surface area contributed by atoms with Crippen LogP contribution in [-0.4, -0.2) is 32.8 Å². The zero-order chi connectivity index (χ0) is 15.9. The Morgan fingerprint density at radius 3 is 2.82 bits per heavy atom.